The van der Waals surface area contributed by atoms with Gasteiger partial charge in [0.25, 0.3) is 0 Å². The monoisotopic (exact) mass is 214 g/mol. The van der Waals surface area contributed by atoms with Gasteiger partial charge in [-0.25, -0.2) is 4.79 Å². The van der Waals surface area contributed by atoms with Crippen molar-refractivity contribution >= 4 is 6.03 Å². The van der Waals surface area contributed by atoms with Gasteiger partial charge in [-0.3, -0.25) is 0 Å². The Morgan fingerprint density at radius 1 is 1.47 bits per heavy atom. The zero-order valence-electron chi connectivity index (χ0n) is 9.75. The van der Waals surface area contributed by atoms with Gasteiger partial charge in [0.1, 0.15) is 0 Å². The third kappa shape index (κ3) is 3.09. The van der Waals surface area contributed by atoms with Crippen LogP contribution >= 0.6 is 0 Å². The van der Waals surface area contributed by atoms with E-state index in [4.69, 9.17) is 0 Å². The van der Waals surface area contributed by atoms with Crippen molar-refractivity contribution in [1.29, 1.82) is 0 Å². The zero-order valence-corrected chi connectivity index (χ0v) is 9.75. The van der Waals surface area contributed by atoms with Crippen molar-refractivity contribution in [3.05, 3.63) is 0 Å². The first-order valence-electron chi connectivity index (χ1n) is 5.73. The molecule has 1 saturated carbocycles. The molecule has 2 amide bonds. The predicted molar refractivity (Wildman–Crippen MR) is 59.7 cm³/mol. The van der Waals surface area contributed by atoms with Crippen molar-refractivity contribution in [1.82, 2.24) is 10.2 Å². The molecule has 1 aliphatic rings. The Morgan fingerprint density at radius 2 is 2.07 bits per heavy atom. The fourth-order valence-corrected chi connectivity index (χ4v) is 2.06. The third-order valence-corrected chi connectivity index (χ3v) is 3.44. The van der Waals surface area contributed by atoms with E-state index in [1.165, 1.54) is 12.8 Å². The van der Waals surface area contributed by atoms with Gasteiger partial charge in [0, 0.05) is 25.6 Å². The fourth-order valence-electron chi connectivity index (χ4n) is 2.06. The van der Waals surface area contributed by atoms with Crippen molar-refractivity contribution in [3.8, 4) is 0 Å². The number of rotatable bonds is 4. The zero-order chi connectivity index (χ0) is 11.3. The summed E-state index contributed by atoms with van der Waals surface area (Å²) in [7, 11) is 1.77. The maximum atomic E-state index is 11.5. The van der Waals surface area contributed by atoms with Crippen LogP contribution in [0.1, 0.15) is 32.6 Å². The molecule has 0 aromatic heterocycles. The van der Waals surface area contributed by atoms with E-state index in [1.807, 2.05) is 6.92 Å². The summed E-state index contributed by atoms with van der Waals surface area (Å²) in [5, 5.41) is 12.3. The molecule has 88 valence electrons. The van der Waals surface area contributed by atoms with Crippen molar-refractivity contribution < 1.29 is 9.90 Å². The van der Waals surface area contributed by atoms with Crippen LogP contribution in [0.5, 0.6) is 0 Å². The molecule has 4 nitrogen and oxygen atoms in total. The second kappa shape index (κ2) is 5.35. The number of aliphatic hydroxyl groups is 1. The molecule has 0 spiro atoms. The molecule has 0 saturated heterocycles. The first-order valence-corrected chi connectivity index (χ1v) is 5.73. The molecule has 0 unspecified atom stereocenters. The van der Waals surface area contributed by atoms with E-state index in [1.54, 1.807) is 11.9 Å². The second-order valence-electron chi connectivity index (χ2n) is 4.54. The Labute approximate surface area is 91.6 Å². The number of nitrogens with zero attached hydrogens (tertiary/aromatic N) is 1. The molecule has 0 radical (unpaired) electrons. The van der Waals surface area contributed by atoms with E-state index in [0.29, 0.717) is 13.1 Å². The summed E-state index contributed by atoms with van der Waals surface area (Å²) in [6.07, 6.45) is 4.39. The summed E-state index contributed by atoms with van der Waals surface area (Å²) in [6, 6.07) is -0.0442. The average molecular weight is 214 g/mol. The van der Waals surface area contributed by atoms with Crippen LogP contribution < -0.4 is 5.32 Å². The first kappa shape index (κ1) is 12.3. The lowest BCUT2D eigenvalue weighted by Crippen LogP contribution is -2.43. The number of aliphatic hydroxyl groups excluding tert-OH is 1. The Morgan fingerprint density at radius 3 is 2.53 bits per heavy atom. The molecule has 0 atom stereocenters. The highest BCUT2D eigenvalue weighted by Crippen LogP contribution is 2.36. The standard InChI is InChI=1S/C11H22N2O2/c1-3-13(2)10(15)12-8-11(9-14)6-4-5-7-11/h14H,3-9H2,1-2H3,(H,12,15). The predicted octanol–water partition coefficient (Wildman–Crippen LogP) is 1.20. The van der Waals surface area contributed by atoms with E-state index in [-0.39, 0.29) is 18.1 Å². The number of carbonyl (C=O) groups is 1. The van der Waals surface area contributed by atoms with E-state index in [2.05, 4.69) is 5.32 Å². The largest absolute Gasteiger partial charge is 0.396 e. The van der Waals surface area contributed by atoms with Gasteiger partial charge in [0.2, 0.25) is 0 Å². The van der Waals surface area contributed by atoms with Gasteiger partial charge in [-0.1, -0.05) is 12.8 Å². The molecule has 0 heterocycles. The summed E-state index contributed by atoms with van der Waals surface area (Å²) in [6.45, 7) is 3.44. The first-order chi connectivity index (χ1) is 7.13. The molecule has 4 heteroatoms. The van der Waals surface area contributed by atoms with Gasteiger partial charge >= 0.3 is 6.03 Å². The summed E-state index contributed by atoms with van der Waals surface area (Å²) < 4.78 is 0. The smallest absolute Gasteiger partial charge is 0.317 e. The Hall–Kier alpha value is -0.770. The minimum Gasteiger partial charge on any atom is -0.396 e. The van der Waals surface area contributed by atoms with Gasteiger partial charge in [-0.2, -0.15) is 0 Å². The van der Waals surface area contributed by atoms with E-state index in [9.17, 15) is 9.90 Å². The van der Waals surface area contributed by atoms with Gasteiger partial charge < -0.3 is 15.3 Å². The molecule has 2 N–H and O–H groups in total. The van der Waals surface area contributed by atoms with Crippen LogP contribution in [0.25, 0.3) is 0 Å². The molecule has 1 fully saturated rings. The molecule has 1 rings (SSSR count). The number of carbonyl (C=O) groups excluding carboxylic acids is 1. The summed E-state index contributed by atoms with van der Waals surface area (Å²) >= 11 is 0. The highest BCUT2D eigenvalue weighted by atomic mass is 16.3. The lowest BCUT2D eigenvalue weighted by Gasteiger charge is -2.27. The minimum atomic E-state index is -0.0513. The summed E-state index contributed by atoms with van der Waals surface area (Å²) in [5.41, 5.74) is -0.0513. The Kier molecular flexibility index (Phi) is 4.39. The highest BCUT2D eigenvalue weighted by Gasteiger charge is 2.33. The molecule has 15 heavy (non-hydrogen) atoms. The van der Waals surface area contributed by atoms with Gasteiger partial charge in [-0.15, -0.1) is 0 Å². The van der Waals surface area contributed by atoms with Crippen molar-refractivity contribution in [2.24, 2.45) is 5.41 Å². The van der Waals surface area contributed by atoms with Crippen LogP contribution in [-0.4, -0.2) is 42.8 Å². The maximum Gasteiger partial charge on any atom is 0.317 e. The highest BCUT2D eigenvalue weighted by molar-refractivity contribution is 5.73. The number of hydrogen-bond acceptors (Lipinski definition) is 2. The van der Waals surface area contributed by atoms with Crippen LogP contribution in [0.15, 0.2) is 0 Å². The molecule has 1 aliphatic carbocycles. The minimum absolute atomic E-state index is 0.0442. The fraction of sp³-hybridized carbons (Fsp3) is 0.909. The molecule has 0 aliphatic heterocycles. The topological polar surface area (TPSA) is 52.6 Å². The normalized spacial score (nSPS) is 18.9. The number of hydrogen-bond donors (Lipinski definition) is 2. The van der Waals surface area contributed by atoms with Gasteiger partial charge in [0.05, 0.1) is 6.61 Å². The quantitative estimate of drug-likeness (QED) is 0.739. The summed E-state index contributed by atoms with van der Waals surface area (Å²) in [4.78, 5) is 13.2. The van der Waals surface area contributed by atoms with Crippen molar-refractivity contribution in [2.45, 2.75) is 32.6 Å². The molecular formula is C11H22N2O2. The van der Waals surface area contributed by atoms with Gasteiger partial charge in [-0.05, 0) is 19.8 Å². The molecule has 0 aromatic carbocycles. The summed E-state index contributed by atoms with van der Waals surface area (Å²) in [5.74, 6) is 0. The number of amides is 2. The van der Waals surface area contributed by atoms with Crippen molar-refractivity contribution in [3.63, 3.8) is 0 Å². The molecule has 0 aromatic rings. The maximum absolute atomic E-state index is 11.5. The van der Waals surface area contributed by atoms with E-state index < -0.39 is 0 Å². The van der Waals surface area contributed by atoms with Crippen LogP contribution in [0.2, 0.25) is 0 Å². The van der Waals surface area contributed by atoms with E-state index in [0.717, 1.165) is 12.8 Å². The number of urea groups is 1. The molecular weight excluding hydrogens is 192 g/mol. The SMILES string of the molecule is CCN(C)C(=O)NCC1(CO)CCCC1. The lowest BCUT2D eigenvalue weighted by molar-refractivity contribution is 0.127. The number of nitrogens with one attached hydrogen (secondary N) is 1. The van der Waals surface area contributed by atoms with Crippen LogP contribution in [-0.2, 0) is 0 Å². The van der Waals surface area contributed by atoms with Crippen LogP contribution in [0.4, 0.5) is 4.79 Å². The van der Waals surface area contributed by atoms with Crippen LogP contribution in [0.3, 0.4) is 0 Å². The Bertz CT molecular complexity index is 213. The van der Waals surface area contributed by atoms with Crippen molar-refractivity contribution in [2.75, 3.05) is 26.7 Å². The van der Waals surface area contributed by atoms with E-state index >= 15 is 0 Å². The Balaban J connectivity index is 2.37. The van der Waals surface area contributed by atoms with Crippen LogP contribution in [0, 0.1) is 5.41 Å². The third-order valence-electron chi connectivity index (χ3n) is 3.44. The molecule has 0 bridgehead atoms. The second-order valence-corrected chi connectivity index (χ2v) is 4.54. The van der Waals surface area contributed by atoms with Gasteiger partial charge in [0.15, 0.2) is 0 Å². The lowest BCUT2D eigenvalue weighted by atomic mass is 9.87. The average Bonchev–Trinajstić information content (AvgIpc) is 2.74.